The van der Waals surface area contributed by atoms with Crippen molar-refractivity contribution in [2.75, 3.05) is 6.54 Å². The number of rotatable bonds is 8. The molecule has 0 aromatic heterocycles. The van der Waals surface area contributed by atoms with Gasteiger partial charge in [0.25, 0.3) is 0 Å². The van der Waals surface area contributed by atoms with Crippen molar-refractivity contribution in [2.45, 2.75) is 131 Å². The molecule has 200 valence electrons. The fourth-order valence-corrected chi connectivity index (χ4v) is 9.79. The van der Waals surface area contributed by atoms with Crippen LogP contribution in [-0.2, 0) is 4.79 Å². The number of amides is 1. The van der Waals surface area contributed by atoms with E-state index in [9.17, 15) is 4.79 Å². The van der Waals surface area contributed by atoms with Gasteiger partial charge in [0.1, 0.15) is 0 Å². The molecular weight excluding hydrogens is 428 g/mol. The predicted molar refractivity (Wildman–Crippen MR) is 148 cm³/mol. The summed E-state index contributed by atoms with van der Waals surface area (Å²) in [4.78, 5) is 14.8. The monoisotopic (exact) mass is 484 g/mol. The van der Waals surface area contributed by atoms with E-state index in [4.69, 9.17) is 5.73 Å². The lowest BCUT2D eigenvalue weighted by Gasteiger charge is -2.59. The van der Waals surface area contributed by atoms with Crippen LogP contribution in [0.1, 0.15) is 119 Å². The minimum atomic E-state index is -0.396. The molecule has 0 radical (unpaired) electrons. The molecule has 4 unspecified atom stereocenters. The van der Waals surface area contributed by atoms with E-state index in [1.807, 2.05) is 6.92 Å². The van der Waals surface area contributed by atoms with E-state index >= 15 is 0 Å². The lowest BCUT2D eigenvalue weighted by molar-refractivity contribution is -0.135. The number of carbonyl (C=O) groups is 1. The standard InChI is InChI=1S/C32H56N2O/c1-8-34(30(35)23(5)33)25-16-18-31(6)24(20-25)12-13-26-28-15-14-27(22(4)11-9-10-21(2)3)32(28,7)19-17-29(26)31/h12,21-23,25-29H,8-11,13-20,33H2,1-7H3/t22-,23+,25?,26?,27-,28?,29?,31+,32-/m1/s1. The van der Waals surface area contributed by atoms with Gasteiger partial charge < -0.3 is 10.6 Å². The zero-order chi connectivity index (χ0) is 25.5. The number of carbonyl (C=O) groups excluding carboxylic acids is 1. The van der Waals surface area contributed by atoms with Crippen LogP contribution in [0.3, 0.4) is 0 Å². The smallest absolute Gasteiger partial charge is 0.239 e. The molecule has 3 nitrogen and oxygen atoms in total. The Kier molecular flexibility index (Phi) is 8.17. The van der Waals surface area contributed by atoms with Crippen LogP contribution in [0.25, 0.3) is 0 Å². The van der Waals surface area contributed by atoms with Crippen LogP contribution in [0.4, 0.5) is 0 Å². The Morgan fingerprint density at radius 1 is 1.06 bits per heavy atom. The van der Waals surface area contributed by atoms with Gasteiger partial charge in [0.15, 0.2) is 0 Å². The van der Waals surface area contributed by atoms with Gasteiger partial charge in [-0.15, -0.1) is 0 Å². The van der Waals surface area contributed by atoms with Gasteiger partial charge in [-0.1, -0.05) is 65.5 Å². The van der Waals surface area contributed by atoms with Crippen molar-refractivity contribution in [1.29, 1.82) is 0 Å². The second-order valence-electron chi connectivity index (χ2n) is 14.1. The van der Waals surface area contributed by atoms with Crippen molar-refractivity contribution in [2.24, 2.45) is 52.1 Å². The quantitative estimate of drug-likeness (QED) is 0.361. The topological polar surface area (TPSA) is 46.3 Å². The Labute approximate surface area is 217 Å². The molecule has 4 aliphatic carbocycles. The Hall–Kier alpha value is -0.830. The van der Waals surface area contributed by atoms with Gasteiger partial charge in [-0.05, 0) is 112 Å². The molecule has 4 aliphatic rings. The highest BCUT2D eigenvalue weighted by Crippen LogP contribution is 2.67. The lowest BCUT2D eigenvalue weighted by atomic mass is 9.46. The summed E-state index contributed by atoms with van der Waals surface area (Å²) in [6.07, 6.45) is 17.4. The first-order valence-electron chi connectivity index (χ1n) is 15.3. The minimum Gasteiger partial charge on any atom is -0.338 e. The van der Waals surface area contributed by atoms with Crippen LogP contribution in [0.15, 0.2) is 11.6 Å². The molecule has 4 rings (SSSR count). The zero-order valence-corrected chi connectivity index (χ0v) is 24.1. The number of likely N-dealkylation sites (N-methyl/N-ethyl adjacent to an activating group) is 1. The largest absolute Gasteiger partial charge is 0.338 e. The van der Waals surface area contributed by atoms with E-state index in [1.54, 1.807) is 5.57 Å². The van der Waals surface area contributed by atoms with Gasteiger partial charge in [-0.25, -0.2) is 0 Å². The third-order valence-corrected chi connectivity index (χ3v) is 11.7. The van der Waals surface area contributed by atoms with Crippen molar-refractivity contribution in [3.05, 3.63) is 11.6 Å². The van der Waals surface area contributed by atoms with Crippen LogP contribution in [0, 0.1) is 46.3 Å². The van der Waals surface area contributed by atoms with Crippen LogP contribution >= 0.6 is 0 Å². The molecule has 0 heterocycles. The van der Waals surface area contributed by atoms with E-state index in [0.29, 0.717) is 16.9 Å². The number of nitrogens with two attached hydrogens (primary N) is 1. The fraction of sp³-hybridized carbons (Fsp3) is 0.906. The van der Waals surface area contributed by atoms with Crippen molar-refractivity contribution < 1.29 is 4.79 Å². The molecule has 0 bridgehead atoms. The van der Waals surface area contributed by atoms with Gasteiger partial charge in [0, 0.05) is 12.6 Å². The fourth-order valence-electron chi connectivity index (χ4n) is 9.79. The zero-order valence-electron chi connectivity index (χ0n) is 24.1. The number of hydrogen-bond acceptors (Lipinski definition) is 2. The number of fused-ring (bicyclic) bond motifs is 5. The maximum atomic E-state index is 12.8. The van der Waals surface area contributed by atoms with Crippen LogP contribution in [-0.4, -0.2) is 29.4 Å². The number of nitrogens with zero attached hydrogens (tertiary/aromatic N) is 1. The third-order valence-electron chi connectivity index (χ3n) is 11.7. The molecule has 3 heteroatoms. The van der Waals surface area contributed by atoms with Gasteiger partial charge in [-0.3, -0.25) is 4.79 Å². The summed E-state index contributed by atoms with van der Waals surface area (Å²) in [5.41, 5.74) is 8.57. The molecule has 0 aromatic rings. The molecular formula is C32H56N2O. The summed E-state index contributed by atoms with van der Waals surface area (Å²) in [6, 6.07) is -0.0575. The van der Waals surface area contributed by atoms with Gasteiger partial charge in [0.05, 0.1) is 6.04 Å². The summed E-state index contributed by atoms with van der Waals surface area (Å²) < 4.78 is 0. The van der Waals surface area contributed by atoms with E-state index in [-0.39, 0.29) is 5.91 Å². The van der Waals surface area contributed by atoms with Gasteiger partial charge in [0.2, 0.25) is 5.91 Å². The van der Waals surface area contributed by atoms with Crippen LogP contribution in [0.5, 0.6) is 0 Å². The molecule has 0 aromatic carbocycles. The second kappa shape index (κ2) is 10.5. The Balaban J connectivity index is 1.47. The molecule has 35 heavy (non-hydrogen) atoms. The summed E-state index contributed by atoms with van der Waals surface area (Å²) in [5, 5.41) is 0. The van der Waals surface area contributed by atoms with Gasteiger partial charge >= 0.3 is 0 Å². The van der Waals surface area contributed by atoms with Crippen molar-refractivity contribution in [3.8, 4) is 0 Å². The average molecular weight is 485 g/mol. The lowest BCUT2D eigenvalue weighted by Crippen LogP contribution is -2.54. The summed E-state index contributed by atoms with van der Waals surface area (Å²) in [7, 11) is 0. The summed E-state index contributed by atoms with van der Waals surface area (Å²) >= 11 is 0. The molecule has 9 atom stereocenters. The highest BCUT2D eigenvalue weighted by molar-refractivity contribution is 5.81. The van der Waals surface area contributed by atoms with E-state index in [2.05, 4.69) is 52.5 Å². The molecule has 3 saturated carbocycles. The Bertz CT molecular complexity index is 786. The Morgan fingerprint density at radius 2 is 1.80 bits per heavy atom. The first-order valence-corrected chi connectivity index (χ1v) is 15.3. The summed E-state index contributed by atoms with van der Waals surface area (Å²) in [5.74, 6) is 5.40. The van der Waals surface area contributed by atoms with Crippen molar-refractivity contribution in [1.82, 2.24) is 4.90 Å². The molecule has 0 aliphatic heterocycles. The van der Waals surface area contributed by atoms with E-state index < -0.39 is 6.04 Å². The highest BCUT2D eigenvalue weighted by atomic mass is 16.2. The van der Waals surface area contributed by atoms with E-state index in [1.165, 1.54) is 57.8 Å². The van der Waals surface area contributed by atoms with Crippen LogP contribution < -0.4 is 5.73 Å². The number of allylic oxidation sites excluding steroid dienone is 1. The molecule has 0 saturated heterocycles. The first kappa shape index (κ1) is 27.2. The highest BCUT2D eigenvalue weighted by Gasteiger charge is 2.59. The molecule has 2 N–H and O–H groups in total. The maximum Gasteiger partial charge on any atom is 0.239 e. The van der Waals surface area contributed by atoms with Crippen molar-refractivity contribution in [3.63, 3.8) is 0 Å². The first-order chi connectivity index (χ1) is 16.5. The molecule has 0 spiro atoms. The third kappa shape index (κ3) is 4.89. The van der Waals surface area contributed by atoms with Crippen LogP contribution in [0.2, 0.25) is 0 Å². The van der Waals surface area contributed by atoms with E-state index in [0.717, 1.165) is 54.9 Å². The maximum absolute atomic E-state index is 12.8. The summed E-state index contributed by atoms with van der Waals surface area (Å²) in [6.45, 7) is 17.3. The normalized spacial score (nSPS) is 40.4. The van der Waals surface area contributed by atoms with Gasteiger partial charge in [-0.2, -0.15) is 0 Å². The predicted octanol–water partition coefficient (Wildman–Crippen LogP) is 7.59. The average Bonchev–Trinajstić information content (AvgIpc) is 3.16. The second-order valence-corrected chi connectivity index (χ2v) is 14.1. The molecule has 1 amide bonds. The molecule has 3 fully saturated rings. The minimum absolute atomic E-state index is 0.128. The Morgan fingerprint density at radius 3 is 2.46 bits per heavy atom. The SMILES string of the molecule is CCN(C(=O)[C@H](C)N)C1CC[C@@]2(C)C(=CCC3C2CC[C@@]2(C)C3CC[C@@H]2[C@H](C)CCCC(C)C)C1. The number of hydrogen-bond donors (Lipinski definition) is 1. The van der Waals surface area contributed by atoms with Crippen molar-refractivity contribution >= 4 is 5.91 Å².